The highest BCUT2D eigenvalue weighted by atomic mass is 79.9. The van der Waals surface area contributed by atoms with Crippen molar-refractivity contribution in [2.45, 2.75) is 6.18 Å². The highest BCUT2D eigenvalue weighted by Crippen LogP contribution is 2.40. The lowest BCUT2D eigenvalue weighted by Gasteiger charge is -2.12. The molecule has 2 aromatic rings. The molecule has 0 amide bonds. The average molecular weight is 309 g/mol. The van der Waals surface area contributed by atoms with E-state index in [2.05, 4.69) is 20.9 Å². The van der Waals surface area contributed by atoms with E-state index in [1.165, 1.54) is 0 Å². The van der Waals surface area contributed by atoms with E-state index in [0.29, 0.717) is 0 Å². The molecule has 0 fully saturated rings. The maximum atomic E-state index is 12.8. The number of aromatic nitrogens is 2. The van der Waals surface area contributed by atoms with E-state index in [1.54, 1.807) is 0 Å². The molecule has 0 bridgehead atoms. The van der Waals surface area contributed by atoms with Gasteiger partial charge in [-0.1, -0.05) is 15.9 Å². The lowest BCUT2D eigenvalue weighted by Crippen LogP contribution is -2.15. The third kappa shape index (κ3) is 1.88. The van der Waals surface area contributed by atoms with Crippen LogP contribution in [0.3, 0.4) is 0 Å². The molecule has 0 aliphatic heterocycles. The molecular weight excluding hydrogens is 305 g/mol. The number of nitrogens with zero attached hydrogens (tertiary/aromatic N) is 1. The topological polar surface area (TPSA) is 66.0 Å². The van der Waals surface area contributed by atoms with Gasteiger partial charge in [-0.3, -0.25) is 4.79 Å². The van der Waals surface area contributed by atoms with E-state index in [-0.39, 0.29) is 5.52 Å². The summed E-state index contributed by atoms with van der Waals surface area (Å²) >= 11 is 2.68. The predicted octanol–water partition coefficient (Wildman–Crippen LogP) is 2.41. The van der Waals surface area contributed by atoms with Gasteiger partial charge in [0.15, 0.2) is 0 Å². The Morgan fingerprint density at radius 3 is 2.65 bits per heavy atom. The molecule has 8 heteroatoms. The number of hydrogen-bond acceptors (Lipinski definition) is 3. The van der Waals surface area contributed by atoms with Crippen LogP contribution in [0, 0.1) is 0 Å². The maximum absolute atomic E-state index is 12.8. The smallest absolute Gasteiger partial charge is 0.418 e. The number of fused-ring (bicyclic) bond motifs is 1. The first-order valence-electron chi connectivity index (χ1n) is 4.28. The van der Waals surface area contributed by atoms with Crippen molar-refractivity contribution < 1.29 is 18.3 Å². The Morgan fingerprint density at radius 2 is 2.06 bits per heavy atom. The third-order valence-electron chi connectivity index (χ3n) is 2.13. The number of rotatable bonds is 0. The zero-order valence-electron chi connectivity index (χ0n) is 7.97. The van der Waals surface area contributed by atoms with Crippen molar-refractivity contribution in [1.82, 2.24) is 9.97 Å². The van der Waals surface area contributed by atoms with E-state index in [9.17, 15) is 23.1 Å². The molecule has 0 saturated carbocycles. The van der Waals surface area contributed by atoms with Gasteiger partial charge in [-0.2, -0.15) is 13.2 Å². The SMILES string of the molecule is O=c1[nH]cnc2c(O)cc(Br)c(C(F)(F)F)c12. The minimum atomic E-state index is -4.72. The third-order valence-corrected chi connectivity index (χ3v) is 2.76. The van der Waals surface area contributed by atoms with Crippen LogP contribution in [-0.4, -0.2) is 15.1 Å². The lowest BCUT2D eigenvalue weighted by molar-refractivity contribution is -0.136. The van der Waals surface area contributed by atoms with Crippen LogP contribution >= 0.6 is 15.9 Å². The Labute approximate surface area is 100 Å². The monoisotopic (exact) mass is 308 g/mol. The van der Waals surface area contributed by atoms with Crippen molar-refractivity contribution >= 4 is 26.8 Å². The van der Waals surface area contributed by atoms with Crippen LogP contribution < -0.4 is 5.56 Å². The number of benzene rings is 1. The van der Waals surface area contributed by atoms with Gasteiger partial charge in [0.1, 0.15) is 11.3 Å². The van der Waals surface area contributed by atoms with Gasteiger partial charge in [-0.15, -0.1) is 0 Å². The summed E-state index contributed by atoms with van der Waals surface area (Å²) in [5, 5.41) is 8.77. The highest BCUT2D eigenvalue weighted by Gasteiger charge is 2.37. The second-order valence-corrected chi connectivity index (χ2v) is 4.06. The number of hydrogen-bond donors (Lipinski definition) is 2. The zero-order chi connectivity index (χ0) is 12.8. The summed E-state index contributed by atoms with van der Waals surface area (Å²) < 4.78 is 38.0. The van der Waals surface area contributed by atoms with E-state index >= 15 is 0 Å². The molecule has 0 aliphatic rings. The number of halogens is 4. The van der Waals surface area contributed by atoms with Gasteiger partial charge < -0.3 is 10.1 Å². The van der Waals surface area contributed by atoms with Gasteiger partial charge in [0.2, 0.25) is 0 Å². The molecule has 0 unspecified atom stereocenters. The summed E-state index contributed by atoms with van der Waals surface area (Å²) in [5.74, 6) is -0.494. The molecule has 0 aliphatic carbocycles. The Balaban J connectivity index is 3.07. The van der Waals surface area contributed by atoms with Crippen molar-refractivity contribution in [3.05, 3.63) is 32.8 Å². The lowest BCUT2D eigenvalue weighted by atomic mass is 10.1. The Hall–Kier alpha value is -1.57. The van der Waals surface area contributed by atoms with Gasteiger partial charge in [0.25, 0.3) is 5.56 Å². The number of H-pyrrole nitrogens is 1. The molecular formula is C9H4BrF3N2O2. The van der Waals surface area contributed by atoms with Crippen molar-refractivity contribution in [3.63, 3.8) is 0 Å². The second-order valence-electron chi connectivity index (χ2n) is 3.21. The van der Waals surface area contributed by atoms with Crippen molar-refractivity contribution in [3.8, 4) is 5.75 Å². The summed E-state index contributed by atoms with van der Waals surface area (Å²) in [7, 11) is 0. The van der Waals surface area contributed by atoms with Gasteiger partial charge in [-0.05, 0) is 6.07 Å². The quantitative estimate of drug-likeness (QED) is 0.785. The predicted molar refractivity (Wildman–Crippen MR) is 56.7 cm³/mol. The van der Waals surface area contributed by atoms with Crippen molar-refractivity contribution in [2.24, 2.45) is 0 Å². The number of phenols is 1. The second kappa shape index (κ2) is 3.73. The Morgan fingerprint density at radius 1 is 1.41 bits per heavy atom. The summed E-state index contributed by atoms with van der Waals surface area (Å²) in [6.07, 6.45) is -3.79. The first-order valence-corrected chi connectivity index (χ1v) is 5.07. The first kappa shape index (κ1) is 11.9. The minimum absolute atomic E-state index is 0.385. The summed E-state index contributed by atoms with van der Waals surface area (Å²) in [5.41, 5.74) is -2.50. The minimum Gasteiger partial charge on any atom is -0.506 e. The molecule has 0 atom stereocenters. The first-order chi connectivity index (χ1) is 7.82. The molecule has 1 heterocycles. The van der Waals surface area contributed by atoms with Crippen LogP contribution in [0.25, 0.3) is 10.9 Å². The number of nitrogens with one attached hydrogen (secondary N) is 1. The summed E-state index contributed by atoms with van der Waals surface area (Å²) in [6.45, 7) is 0. The average Bonchev–Trinajstić information content (AvgIpc) is 2.17. The van der Waals surface area contributed by atoms with Gasteiger partial charge in [-0.25, -0.2) is 4.98 Å². The number of alkyl halides is 3. The van der Waals surface area contributed by atoms with Crippen molar-refractivity contribution in [1.29, 1.82) is 0 Å². The number of aromatic amines is 1. The van der Waals surface area contributed by atoms with Crippen LogP contribution in [0.1, 0.15) is 5.56 Å². The highest BCUT2D eigenvalue weighted by molar-refractivity contribution is 9.10. The normalized spacial score (nSPS) is 12.0. The van der Waals surface area contributed by atoms with Crippen LogP contribution in [0.4, 0.5) is 13.2 Å². The fraction of sp³-hybridized carbons (Fsp3) is 0.111. The summed E-state index contributed by atoms with van der Waals surface area (Å²) in [6, 6.07) is 0.859. The Bertz CT molecular complexity index is 651. The van der Waals surface area contributed by atoms with E-state index in [1.807, 2.05) is 4.98 Å². The molecule has 4 nitrogen and oxygen atoms in total. The van der Waals surface area contributed by atoms with E-state index in [4.69, 9.17) is 0 Å². The standard InChI is InChI=1S/C9H4BrF3N2O2/c10-3-1-4(16)7-5(6(3)9(11,12)13)8(17)15-2-14-7/h1-2,16H,(H,14,15,17). The van der Waals surface area contributed by atoms with Gasteiger partial charge in [0.05, 0.1) is 17.3 Å². The largest absolute Gasteiger partial charge is 0.506 e. The van der Waals surface area contributed by atoms with E-state index < -0.39 is 32.9 Å². The molecule has 1 aromatic heterocycles. The summed E-state index contributed by atoms with van der Waals surface area (Å²) in [4.78, 5) is 17.0. The molecule has 0 saturated heterocycles. The fourth-order valence-electron chi connectivity index (χ4n) is 1.48. The van der Waals surface area contributed by atoms with Crippen LogP contribution in [0.15, 0.2) is 21.7 Å². The van der Waals surface area contributed by atoms with Crippen LogP contribution in [-0.2, 0) is 6.18 Å². The number of aromatic hydroxyl groups is 1. The van der Waals surface area contributed by atoms with Crippen LogP contribution in [0.2, 0.25) is 0 Å². The van der Waals surface area contributed by atoms with Crippen molar-refractivity contribution in [2.75, 3.05) is 0 Å². The van der Waals surface area contributed by atoms with Gasteiger partial charge in [0, 0.05) is 4.47 Å². The van der Waals surface area contributed by atoms with Crippen LogP contribution in [0.5, 0.6) is 5.75 Å². The molecule has 1 aromatic carbocycles. The molecule has 17 heavy (non-hydrogen) atoms. The van der Waals surface area contributed by atoms with Gasteiger partial charge >= 0.3 is 6.18 Å². The molecule has 0 spiro atoms. The molecule has 0 radical (unpaired) electrons. The zero-order valence-corrected chi connectivity index (χ0v) is 9.56. The fourth-order valence-corrected chi connectivity index (χ4v) is 2.12. The molecule has 2 N–H and O–H groups in total. The number of phenolic OH excluding ortho intramolecular Hbond substituents is 1. The Kier molecular flexibility index (Phi) is 2.61. The maximum Gasteiger partial charge on any atom is 0.418 e. The molecule has 2 rings (SSSR count). The van der Waals surface area contributed by atoms with E-state index in [0.717, 1.165) is 12.4 Å². The molecule has 90 valence electrons.